The Morgan fingerprint density at radius 2 is 1.50 bits per heavy atom. The molecule has 3 fully saturated rings. The molecule has 0 unspecified atom stereocenters. The van der Waals surface area contributed by atoms with Gasteiger partial charge in [-0.1, -0.05) is 25.7 Å². The summed E-state index contributed by atoms with van der Waals surface area (Å²) in [5, 5.41) is 0. The second-order valence-corrected chi connectivity index (χ2v) is 8.17. The minimum Gasteiger partial charge on any atom is -0.329 e. The Labute approximate surface area is 125 Å². The molecule has 20 heavy (non-hydrogen) atoms. The molecule has 0 amide bonds. The van der Waals surface area contributed by atoms with Crippen molar-refractivity contribution in [2.24, 2.45) is 17.1 Å². The van der Waals surface area contributed by atoms with Gasteiger partial charge in [0.25, 0.3) is 0 Å². The molecule has 1 spiro atoms. The third-order valence-electron chi connectivity index (χ3n) is 7.10. The standard InChI is InChI=1S/C18H34N2/c1-20(14-16-6-2-3-7-16)18(15-19)12-10-17(11-13-18)8-4-5-9-17/h16H,2-15,19H2,1H3. The van der Waals surface area contributed by atoms with Crippen LogP contribution in [0, 0.1) is 11.3 Å². The second-order valence-electron chi connectivity index (χ2n) is 8.17. The Balaban J connectivity index is 1.60. The van der Waals surface area contributed by atoms with E-state index in [1.807, 2.05) is 0 Å². The van der Waals surface area contributed by atoms with Gasteiger partial charge in [0.1, 0.15) is 0 Å². The van der Waals surface area contributed by atoms with Gasteiger partial charge in [-0.25, -0.2) is 0 Å². The van der Waals surface area contributed by atoms with Crippen LogP contribution in [0.15, 0.2) is 0 Å². The van der Waals surface area contributed by atoms with Crippen LogP contribution in [0.5, 0.6) is 0 Å². The Hall–Kier alpha value is -0.0800. The van der Waals surface area contributed by atoms with Crippen molar-refractivity contribution in [3.05, 3.63) is 0 Å². The van der Waals surface area contributed by atoms with Crippen molar-refractivity contribution in [3.8, 4) is 0 Å². The van der Waals surface area contributed by atoms with Gasteiger partial charge < -0.3 is 5.73 Å². The molecule has 0 aliphatic heterocycles. The lowest BCUT2D eigenvalue weighted by Gasteiger charge is -2.50. The molecule has 0 atom stereocenters. The van der Waals surface area contributed by atoms with Gasteiger partial charge in [-0.15, -0.1) is 0 Å². The van der Waals surface area contributed by atoms with Gasteiger partial charge in [-0.2, -0.15) is 0 Å². The first-order valence-corrected chi connectivity index (χ1v) is 9.09. The van der Waals surface area contributed by atoms with E-state index in [2.05, 4.69) is 11.9 Å². The van der Waals surface area contributed by atoms with Crippen molar-refractivity contribution in [2.75, 3.05) is 20.1 Å². The SMILES string of the molecule is CN(CC1CCCC1)C1(CN)CCC2(CCCC2)CC1. The van der Waals surface area contributed by atoms with Crippen LogP contribution in [0.3, 0.4) is 0 Å². The van der Waals surface area contributed by atoms with Crippen LogP contribution in [0.2, 0.25) is 0 Å². The van der Waals surface area contributed by atoms with Crippen LogP contribution >= 0.6 is 0 Å². The molecule has 3 aliphatic carbocycles. The molecule has 0 aromatic carbocycles. The highest BCUT2D eigenvalue weighted by molar-refractivity contribution is 5.01. The molecule has 2 nitrogen and oxygen atoms in total. The van der Waals surface area contributed by atoms with Crippen LogP contribution in [0.25, 0.3) is 0 Å². The summed E-state index contributed by atoms with van der Waals surface area (Å²) in [5.41, 5.74) is 7.32. The van der Waals surface area contributed by atoms with Crippen molar-refractivity contribution in [1.29, 1.82) is 0 Å². The fourth-order valence-corrected chi connectivity index (χ4v) is 5.39. The highest BCUT2D eigenvalue weighted by Crippen LogP contribution is 2.52. The lowest BCUT2D eigenvalue weighted by Crippen LogP contribution is -2.56. The van der Waals surface area contributed by atoms with Crippen molar-refractivity contribution in [2.45, 2.75) is 82.6 Å². The first-order chi connectivity index (χ1) is 9.68. The fourth-order valence-electron chi connectivity index (χ4n) is 5.39. The van der Waals surface area contributed by atoms with E-state index in [9.17, 15) is 0 Å². The smallest absolute Gasteiger partial charge is 0.0329 e. The zero-order valence-electron chi connectivity index (χ0n) is 13.5. The van der Waals surface area contributed by atoms with Crippen molar-refractivity contribution < 1.29 is 0 Å². The van der Waals surface area contributed by atoms with E-state index < -0.39 is 0 Å². The molecular weight excluding hydrogens is 244 g/mol. The Kier molecular flexibility index (Phi) is 4.42. The van der Waals surface area contributed by atoms with E-state index in [1.54, 1.807) is 0 Å². The summed E-state index contributed by atoms with van der Waals surface area (Å²) in [6, 6.07) is 0. The average molecular weight is 278 g/mol. The zero-order valence-corrected chi connectivity index (χ0v) is 13.5. The molecular formula is C18H34N2. The molecule has 0 aromatic rings. The quantitative estimate of drug-likeness (QED) is 0.844. The van der Waals surface area contributed by atoms with Gasteiger partial charge in [0.15, 0.2) is 0 Å². The summed E-state index contributed by atoms with van der Waals surface area (Å²) in [6.07, 6.45) is 17.4. The normalized spacial score (nSPS) is 29.6. The number of rotatable bonds is 4. The van der Waals surface area contributed by atoms with E-state index >= 15 is 0 Å². The third kappa shape index (κ3) is 2.78. The van der Waals surface area contributed by atoms with E-state index in [4.69, 9.17) is 5.73 Å². The molecule has 3 aliphatic rings. The maximum absolute atomic E-state index is 6.26. The molecule has 0 radical (unpaired) electrons. The predicted octanol–water partition coefficient (Wildman–Crippen LogP) is 3.94. The first-order valence-electron chi connectivity index (χ1n) is 9.09. The largest absolute Gasteiger partial charge is 0.329 e. The number of likely N-dealkylation sites (N-methyl/N-ethyl adjacent to an activating group) is 1. The van der Waals surface area contributed by atoms with E-state index in [0.717, 1.165) is 17.9 Å². The molecule has 0 aromatic heterocycles. The molecule has 0 saturated heterocycles. The molecule has 0 bridgehead atoms. The van der Waals surface area contributed by atoms with Gasteiger partial charge in [0.2, 0.25) is 0 Å². The van der Waals surface area contributed by atoms with E-state index in [1.165, 1.54) is 83.6 Å². The van der Waals surface area contributed by atoms with Crippen LogP contribution in [0.1, 0.15) is 77.0 Å². The highest BCUT2D eigenvalue weighted by atomic mass is 15.2. The van der Waals surface area contributed by atoms with Gasteiger partial charge in [0, 0.05) is 18.6 Å². The predicted molar refractivity (Wildman–Crippen MR) is 85.7 cm³/mol. The zero-order chi connectivity index (χ0) is 14.1. The maximum atomic E-state index is 6.26. The molecule has 116 valence electrons. The highest BCUT2D eigenvalue weighted by Gasteiger charge is 2.45. The summed E-state index contributed by atoms with van der Waals surface area (Å²) >= 11 is 0. The Bertz CT molecular complexity index is 303. The summed E-state index contributed by atoms with van der Waals surface area (Å²) in [7, 11) is 2.36. The molecule has 2 N–H and O–H groups in total. The average Bonchev–Trinajstić information content (AvgIpc) is 3.13. The fraction of sp³-hybridized carbons (Fsp3) is 1.00. The van der Waals surface area contributed by atoms with Crippen LogP contribution in [-0.2, 0) is 0 Å². The lowest BCUT2D eigenvalue weighted by atomic mass is 9.66. The first kappa shape index (κ1) is 14.8. The number of nitrogens with zero attached hydrogens (tertiary/aromatic N) is 1. The molecule has 3 rings (SSSR count). The van der Waals surface area contributed by atoms with Crippen molar-refractivity contribution in [3.63, 3.8) is 0 Å². The third-order valence-corrected chi connectivity index (χ3v) is 7.10. The summed E-state index contributed by atoms with van der Waals surface area (Å²) in [4.78, 5) is 2.67. The summed E-state index contributed by atoms with van der Waals surface area (Å²) in [6.45, 7) is 2.16. The second kappa shape index (κ2) is 5.96. The van der Waals surface area contributed by atoms with Crippen LogP contribution < -0.4 is 5.73 Å². The minimum atomic E-state index is 0.330. The monoisotopic (exact) mass is 278 g/mol. The summed E-state index contributed by atoms with van der Waals surface area (Å²) in [5.74, 6) is 0.950. The minimum absolute atomic E-state index is 0.330. The molecule has 3 saturated carbocycles. The number of hydrogen-bond acceptors (Lipinski definition) is 2. The van der Waals surface area contributed by atoms with Gasteiger partial charge in [0.05, 0.1) is 0 Å². The van der Waals surface area contributed by atoms with E-state index in [-0.39, 0.29) is 0 Å². The van der Waals surface area contributed by atoms with Crippen LogP contribution in [-0.4, -0.2) is 30.6 Å². The van der Waals surface area contributed by atoms with E-state index in [0.29, 0.717) is 5.54 Å². The van der Waals surface area contributed by atoms with Gasteiger partial charge in [-0.3, -0.25) is 4.90 Å². The maximum Gasteiger partial charge on any atom is 0.0329 e. The van der Waals surface area contributed by atoms with Crippen LogP contribution in [0.4, 0.5) is 0 Å². The van der Waals surface area contributed by atoms with Crippen molar-refractivity contribution >= 4 is 0 Å². The Morgan fingerprint density at radius 1 is 0.900 bits per heavy atom. The Morgan fingerprint density at radius 3 is 2.05 bits per heavy atom. The molecule has 2 heteroatoms. The number of hydrogen-bond donors (Lipinski definition) is 1. The topological polar surface area (TPSA) is 29.3 Å². The van der Waals surface area contributed by atoms with Crippen molar-refractivity contribution in [1.82, 2.24) is 4.90 Å². The number of nitrogens with two attached hydrogens (primary N) is 1. The summed E-state index contributed by atoms with van der Waals surface area (Å²) < 4.78 is 0. The lowest BCUT2D eigenvalue weighted by molar-refractivity contribution is 0.0221. The van der Waals surface area contributed by atoms with Gasteiger partial charge >= 0.3 is 0 Å². The van der Waals surface area contributed by atoms with Gasteiger partial charge in [-0.05, 0) is 69.7 Å². The molecule has 0 heterocycles.